The summed E-state index contributed by atoms with van der Waals surface area (Å²) in [5, 5.41) is 2.88. The van der Waals surface area contributed by atoms with Crippen LogP contribution in [0, 0.1) is 0 Å². The van der Waals surface area contributed by atoms with Gasteiger partial charge in [-0.05, 0) is 37.8 Å². The number of carbonyl (C=O) groups excluding carboxylic acids is 1. The van der Waals surface area contributed by atoms with E-state index in [4.69, 9.17) is 5.73 Å². The highest BCUT2D eigenvalue weighted by Gasteiger charge is 2.27. The van der Waals surface area contributed by atoms with Gasteiger partial charge in [-0.2, -0.15) is 0 Å². The Hall–Kier alpha value is -1.55. The van der Waals surface area contributed by atoms with E-state index in [1.165, 1.54) is 5.56 Å². The van der Waals surface area contributed by atoms with Crippen LogP contribution in [0.15, 0.2) is 24.3 Å². The maximum Gasteiger partial charge on any atom is 0.322 e. The lowest BCUT2D eigenvalue weighted by molar-refractivity contribution is 0.244. The monoisotopic (exact) mass is 247 g/mol. The second-order valence-corrected chi connectivity index (χ2v) is 4.62. The standard InChI is InChI=1S/C14H21N3O/c1-2-16-14(18)17-12(10-15)8-5-7-11-6-3-4-9-13(11)17/h3-4,6,9,12H,2,5,7-8,10,15H2,1H3,(H,16,18). The van der Waals surface area contributed by atoms with Crippen LogP contribution < -0.4 is 16.0 Å². The minimum atomic E-state index is -0.0395. The summed E-state index contributed by atoms with van der Waals surface area (Å²) < 4.78 is 0. The van der Waals surface area contributed by atoms with E-state index in [2.05, 4.69) is 11.4 Å². The topological polar surface area (TPSA) is 58.4 Å². The van der Waals surface area contributed by atoms with Gasteiger partial charge in [-0.15, -0.1) is 0 Å². The number of rotatable bonds is 2. The van der Waals surface area contributed by atoms with Crippen molar-refractivity contribution < 1.29 is 4.79 Å². The summed E-state index contributed by atoms with van der Waals surface area (Å²) in [5.41, 5.74) is 8.08. The van der Waals surface area contributed by atoms with Crippen LogP contribution in [0.4, 0.5) is 10.5 Å². The van der Waals surface area contributed by atoms with Crippen molar-refractivity contribution in [3.05, 3.63) is 29.8 Å². The Morgan fingerprint density at radius 2 is 2.28 bits per heavy atom. The van der Waals surface area contributed by atoms with Crippen LogP contribution >= 0.6 is 0 Å². The van der Waals surface area contributed by atoms with Gasteiger partial charge in [-0.1, -0.05) is 18.2 Å². The fourth-order valence-electron chi connectivity index (χ4n) is 2.55. The smallest absolute Gasteiger partial charge is 0.322 e. The van der Waals surface area contributed by atoms with Crippen molar-refractivity contribution in [2.45, 2.75) is 32.2 Å². The molecule has 0 fully saturated rings. The number of carbonyl (C=O) groups is 1. The minimum absolute atomic E-state index is 0.0395. The van der Waals surface area contributed by atoms with E-state index in [0.717, 1.165) is 24.9 Å². The zero-order valence-corrected chi connectivity index (χ0v) is 10.9. The third kappa shape index (κ3) is 2.48. The molecule has 0 aromatic heterocycles. The summed E-state index contributed by atoms with van der Waals surface area (Å²) in [6.45, 7) is 3.07. The van der Waals surface area contributed by atoms with Crippen LogP contribution in [0.1, 0.15) is 25.3 Å². The number of para-hydroxylation sites is 1. The quantitative estimate of drug-likeness (QED) is 0.838. The zero-order chi connectivity index (χ0) is 13.0. The van der Waals surface area contributed by atoms with Gasteiger partial charge in [0.1, 0.15) is 0 Å². The van der Waals surface area contributed by atoms with E-state index >= 15 is 0 Å². The van der Waals surface area contributed by atoms with E-state index in [1.807, 2.05) is 30.0 Å². The van der Waals surface area contributed by atoms with Crippen molar-refractivity contribution in [1.29, 1.82) is 0 Å². The van der Waals surface area contributed by atoms with Gasteiger partial charge in [0.15, 0.2) is 0 Å². The lowest BCUT2D eigenvalue weighted by atomic mass is 10.1. The molecule has 2 rings (SSSR count). The molecule has 1 atom stereocenters. The molecule has 4 heteroatoms. The fourth-order valence-corrected chi connectivity index (χ4v) is 2.55. The molecule has 1 aromatic carbocycles. The number of nitrogens with two attached hydrogens (primary N) is 1. The average Bonchev–Trinajstić information content (AvgIpc) is 2.57. The molecule has 0 bridgehead atoms. The highest BCUT2D eigenvalue weighted by Crippen LogP contribution is 2.29. The molecule has 4 nitrogen and oxygen atoms in total. The lowest BCUT2D eigenvalue weighted by Crippen LogP contribution is -2.49. The molecule has 1 aromatic rings. The zero-order valence-electron chi connectivity index (χ0n) is 10.9. The first-order chi connectivity index (χ1) is 8.77. The van der Waals surface area contributed by atoms with Gasteiger partial charge in [-0.3, -0.25) is 4.90 Å². The average molecular weight is 247 g/mol. The molecule has 0 radical (unpaired) electrons. The minimum Gasteiger partial charge on any atom is -0.338 e. The van der Waals surface area contributed by atoms with Crippen LogP contribution in [-0.4, -0.2) is 25.2 Å². The Kier molecular flexibility index (Phi) is 4.20. The first kappa shape index (κ1) is 12.9. The first-order valence-electron chi connectivity index (χ1n) is 6.63. The van der Waals surface area contributed by atoms with Crippen molar-refractivity contribution in [2.75, 3.05) is 18.0 Å². The first-order valence-corrected chi connectivity index (χ1v) is 6.63. The van der Waals surface area contributed by atoms with Crippen molar-refractivity contribution in [3.63, 3.8) is 0 Å². The number of nitrogens with zero attached hydrogens (tertiary/aromatic N) is 1. The summed E-state index contributed by atoms with van der Waals surface area (Å²) >= 11 is 0. The van der Waals surface area contributed by atoms with Crippen molar-refractivity contribution in [3.8, 4) is 0 Å². The maximum absolute atomic E-state index is 12.2. The molecule has 1 unspecified atom stereocenters. The molecule has 3 N–H and O–H groups in total. The number of hydrogen-bond acceptors (Lipinski definition) is 2. The van der Waals surface area contributed by atoms with Gasteiger partial charge in [0, 0.05) is 18.8 Å². The lowest BCUT2D eigenvalue weighted by Gasteiger charge is -2.30. The summed E-state index contributed by atoms with van der Waals surface area (Å²) in [4.78, 5) is 14.1. The van der Waals surface area contributed by atoms with Gasteiger partial charge in [0.25, 0.3) is 0 Å². The van der Waals surface area contributed by atoms with E-state index in [-0.39, 0.29) is 12.1 Å². The van der Waals surface area contributed by atoms with Gasteiger partial charge >= 0.3 is 6.03 Å². The highest BCUT2D eigenvalue weighted by atomic mass is 16.2. The van der Waals surface area contributed by atoms with Crippen molar-refractivity contribution >= 4 is 11.7 Å². The van der Waals surface area contributed by atoms with E-state index < -0.39 is 0 Å². The third-order valence-corrected chi connectivity index (χ3v) is 3.42. The third-order valence-electron chi connectivity index (χ3n) is 3.42. The summed E-state index contributed by atoms with van der Waals surface area (Å²) in [5.74, 6) is 0. The molecule has 1 aliphatic rings. The Balaban J connectivity index is 2.38. The molecule has 0 aliphatic carbocycles. The second-order valence-electron chi connectivity index (χ2n) is 4.62. The molecule has 1 heterocycles. The molecule has 98 valence electrons. The molecule has 18 heavy (non-hydrogen) atoms. The number of hydrogen-bond donors (Lipinski definition) is 2. The Bertz CT molecular complexity index is 419. The Morgan fingerprint density at radius 3 is 3.00 bits per heavy atom. The molecule has 2 amide bonds. The number of amides is 2. The Morgan fingerprint density at radius 1 is 1.50 bits per heavy atom. The number of anilines is 1. The van der Waals surface area contributed by atoms with Crippen LogP contribution in [0.2, 0.25) is 0 Å². The van der Waals surface area contributed by atoms with E-state index in [0.29, 0.717) is 13.1 Å². The predicted octanol–water partition coefficient (Wildman–Crippen LogP) is 1.89. The SMILES string of the molecule is CCNC(=O)N1c2ccccc2CCCC1CN. The molecular formula is C14H21N3O. The second kappa shape index (κ2) is 5.87. The number of aryl methyl sites for hydroxylation is 1. The van der Waals surface area contributed by atoms with Gasteiger partial charge in [0.2, 0.25) is 0 Å². The van der Waals surface area contributed by atoms with E-state index in [1.54, 1.807) is 0 Å². The number of benzene rings is 1. The number of fused-ring (bicyclic) bond motifs is 1. The summed E-state index contributed by atoms with van der Waals surface area (Å²) in [6, 6.07) is 8.17. The van der Waals surface area contributed by atoms with Crippen molar-refractivity contribution in [2.24, 2.45) is 5.73 Å². The molecule has 0 spiro atoms. The van der Waals surface area contributed by atoms with Crippen LogP contribution in [0.25, 0.3) is 0 Å². The van der Waals surface area contributed by atoms with Gasteiger partial charge < -0.3 is 11.1 Å². The summed E-state index contributed by atoms with van der Waals surface area (Å²) in [7, 11) is 0. The Labute approximate surface area is 108 Å². The van der Waals surface area contributed by atoms with Crippen LogP contribution in [-0.2, 0) is 6.42 Å². The number of urea groups is 1. The van der Waals surface area contributed by atoms with Gasteiger partial charge in [0.05, 0.1) is 6.04 Å². The number of nitrogens with one attached hydrogen (secondary N) is 1. The molecule has 1 aliphatic heterocycles. The van der Waals surface area contributed by atoms with Crippen LogP contribution in [0.5, 0.6) is 0 Å². The largest absolute Gasteiger partial charge is 0.338 e. The summed E-state index contributed by atoms with van der Waals surface area (Å²) in [6.07, 6.45) is 3.06. The normalized spacial score (nSPS) is 19.0. The fraction of sp³-hybridized carbons (Fsp3) is 0.500. The van der Waals surface area contributed by atoms with E-state index in [9.17, 15) is 4.79 Å². The highest BCUT2D eigenvalue weighted by molar-refractivity contribution is 5.93. The molecule has 0 saturated carbocycles. The van der Waals surface area contributed by atoms with Crippen LogP contribution in [0.3, 0.4) is 0 Å². The van der Waals surface area contributed by atoms with Crippen molar-refractivity contribution in [1.82, 2.24) is 5.32 Å². The molecular weight excluding hydrogens is 226 g/mol. The predicted molar refractivity (Wildman–Crippen MR) is 73.8 cm³/mol. The maximum atomic E-state index is 12.2. The van der Waals surface area contributed by atoms with Gasteiger partial charge in [-0.25, -0.2) is 4.79 Å². The molecule has 0 saturated heterocycles.